The van der Waals surface area contributed by atoms with Crippen molar-refractivity contribution in [3.63, 3.8) is 0 Å². The first-order valence-electron chi connectivity index (χ1n) is 7.95. The van der Waals surface area contributed by atoms with Gasteiger partial charge in [-0.1, -0.05) is 28.1 Å². The highest BCUT2D eigenvalue weighted by Crippen LogP contribution is 2.27. The van der Waals surface area contributed by atoms with Crippen LogP contribution in [0, 0.1) is 0 Å². The van der Waals surface area contributed by atoms with Gasteiger partial charge < -0.3 is 5.32 Å². The molecule has 0 radical (unpaired) electrons. The van der Waals surface area contributed by atoms with Crippen LogP contribution in [0.1, 0.15) is 30.9 Å². The highest BCUT2D eigenvalue weighted by Gasteiger charge is 2.34. The highest BCUT2D eigenvalue weighted by molar-refractivity contribution is 9.10. The minimum absolute atomic E-state index is 0.0613. The molecule has 3 rings (SSSR count). The molecule has 0 spiro atoms. The molecule has 0 unspecified atom stereocenters. The molecule has 2 aliphatic rings. The van der Waals surface area contributed by atoms with Crippen molar-refractivity contribution in [1.82, 2.24) is 10.2 Å². The van der Waals surface area contributed by atoms with Crippen LogP contribution < -0.4 is 5.32 Å². The maximum atomic E-state index is 12.8. The summed E-state index contributed by atoms with van der Waals surface area (Å²) in [6, 6.07) is 7.19. The van der Waals surface area contributed by atoms with E-state index in [-0.39, 0.29) is 29.5 Å². The Hall–Kier alpha value is -0.920. The second-order valence-corrected chi connectivity index (χ2v) is 9.45. The van der Waals surface area contributed by atoms with Gasteiger partial charge in [0.25, 0.3) is 0 Å². The summed E-state index contributed by atoms with van der Waals surface area (Å²) in [7, 11) is -2.99. The van der Waals surface area contributed by atoms with Crippen molar-refractivity contribution in [2.45, 2.75) is 31.3 Å². The Morgan fingerprint density at radius 1 is 1.22 bits per heavy atom. The van der Waals surface area contributed by atoms with Crippen molar-refractivity contribution in [2.24, 2.45) is 0 Å². The van der Waals surface area contributed by atoms with E-state index in [4.69, 9.17) is 0 Å². The molecule has 2 heterocycles. The van der Waals surface area contributed by atoms with Gasteiger partial charge in [-0.2, -0.15) is 0 Å². The van der Waals surface area contributed by atoms with Gasteiger partial charge in [0.05, 0.1) is 11.5 Å². The Morgan fingerprint density at radius 3 is 2.43 bits per heavy atom. The van der Waals surface area contributed by atoms with Crippen LogP contribution in [-0.4, -0.2) is 49.9 Å². The largest absolute Gasteiger partial charge is 0.351 e. The van der Waals surface area contributed by atoms with Gasteiger partial charge in [0, 0.05) is 10.5 Å². The fraction of sp³-hybridized carbons (Fsp3) is 0.562. The molecule has 7 heteroatoms. The molecule has 2 atom stereocenters. The van der Waals surface area contributed by atoms with Crippen molar-refractivity contribution < 1.29 is 13.2 Å². The SMILES string of the molecule is O=C(N[C@H]1CCS(=O)(=O)C1)[C@@H](c1ccc(Br)cc1)N1CCCC1. The third-order valence-electron chi connectivity index (χ3n) is 4.52. The summed E-state index contributed by atoms with van der Waals surface area (Å²) >= 11 is 3.42. The van der Waals surface area contributed by atoms with Crippen LogP contribution in [0.2, 0.25) is 0 Å². The van der Waals surface area contributed by atoms with Crippen molar-refractivity contribution >= 4 is 31.7 Å². The van der Waals surface area contributed by atoms with Gasteiger partial charge in [0.15, 0.2) is 9.84 Å². The summed E-state index contributed by atoms with van der Waals surface area (Å²) in [6.45, 7) is 1.80. The number of carbonyl (C=O) groups excluding carboxylic acids is 1. The van der Waals surface area contributed by atoms with Gasteiger partial charge in [0.1, 0.15) is 6.04 Å². The molecule has 23 heavy (non-hydrogen) atoms. The number of amides is 1. The summed E-state index contributed by atoms with van der Waals surface area (Å²) < 4.78 is 24.2. The highest BCUT2D eigenvalue weighted by atomic mass is 79.9. The van der Waals surface area contributed by atoms with Crippen LogP contribution >= 0.6 is 15.9 Å². The number of hydrogen-bond acceptors (Lipinski definition) is 4. The van der Waals surface area contributed by atoms with Gasteiger partial charge in [-0.15, -0.1) is 0 Å². The van der Waals surface area contributed by atoms with Gasteiger partial charge in [-0.3, -0.25) is 9.69 Å². The summed E-state index contributed by atoms with van der Waals surface area (Å²) in [5.41, 5.74) is 0.952. The Labute approximate surface area is 145 Å². The van der Waals surface area contributed by atoms with Crippen LogP contribution in [0.3, 0.4) is 0 Å². The molecule has 0 aliphatic carbocycles. The Kier molecular flexibility index (Phi) is 5.08. The predicted octanol–water partition coefficient (Wildman–Crippen LogP) is 1.89. The number of benzene rings is 1. The third kappa shape index (κ3) is 4.14. The van der Waals surface area contributed by atoms with E-state index in [1.54, 1.807) is 0 Å². The first-order valence-corrected chi connectivity index (χ1v) is 10.6. The molecule has 2 aliphatic heterocycles. The van der Waals surface area contributed by atoms with Crippen LogP contribution in [-0.2, 0) is 14.6 Å². The zero-order valence-corrected chi connectivity index (χ0v) is 15.3. The van der Waals surface area contributed by atoms with E-state index in [9.17, 15) is 13.2 Å². The monoisotopic (exact) mass is 400 g/mol. The zero-order valence-electron chi connectivity index (χ0n) is 12.9. The van der Waals surface area contributed by atoms with Gasteiger partial charge in [-0.05, 0) is 50.0 Å². The smallest absolute Gasteiger partial charge is 0.242 e. The van der Waals surface area contributed by atoms with Crippen LogP contribution in [0.25, 0.3) is 0 Å². The van der Waals surface area contributed by atoms with E-state index in [0.29, 0.717) is 6.42 Å². The molecule has 2 saturated heterocycles. The van der Waals surface area contributed by atoms with E-state index in [1.807, 2.05) is 24.3 Å². The maximum absolute atomic E-state index is 12.8. The van der Waals surface area contributed by atoms with Gasteiger partial charge in [0.2, 0.25) is 5.91 Å². The fourth-order valence-electron chi connectivity index (χ4n) is 3.36. The molecule has 1 aromatic rings. The summed E-state index contributed by atoms with van der Waals surface area (Å²) in [6.07, 6.45) is 2.71. The second-order valence-electron chi connectivity index (χ2n) is 6.31. The quantitative estimate of drug-likeness (QED) is 0.837. The summed E-state index contributed by atoms with van der Waals surface area (Å²) in [4.78, 5) is 15.0. The predicted molar refractivity (Wildman–Crippen MR) is 92.9 cm³/mol. The Morgan fingerprint density at radius 2 is 1.87 bits per heavy atom. The Balaban J connectivity index is 1.77. The van der Waals surface area contributed by atoms with Crippen molar-refractivity contribution in [2.75, 3.05) is 24.6 Å². The summed E-state index contributed by atoms with van der Waals surface area (Å²) in [5, 5.41) is 2.95. The topological polar surface area (TPSA) is 66.5 Å². The van der Waals surface area contributed by atoms with Crippen molar-refractivity contribution in [1.29, 1.82) is 0 Å². The Bertz CT molecular complexity index is 669. The molecule has 1 N–H and O–H groups in total. The van der Waals surface area contributed by atoms with E-state index in [1.165, 1.54) is 0 Å². The fourth-order valence-corrected chi connectivity index (χ4v) is 5.30. The van der Waals surface area contributed by atoms with E-state index in [2.05, 4.69) is 26.1 Å². The van der Waals surface area contributed by atoms with Crippen LogP contribution in [0.5, 0.6) is 0 Å². The van der Waals surface area contributed by atoms with Crippen LogP contribution in [0.15, 0.2) is 28.7 Å². The van der Waals surface area contributed by atoms with Crippen molar-refractivity contribution in [3.8, 4) is 0 Å². The first-order chi connectivity index (χ1) is 10.9. The lowest BCUT2D eigenvalue weighted by molar-refractivity contribution is -0.126. The minimum Gasteiger partial charge on any atom is -0.351 e. The number of hydrogen-bond donors (Lipinski definition) is 1. The molecule has 0 saturated carbocycles. The number of carbonyl (C=O) groups is 1. The number of nitrogens with one attached hydrogen (secondary N) is 1. The normalized spacial score (nSPS) is 25.3. The average molecular weight is 401 g/mol. The number of rotatable bonds is 4. The minimum atomic E-state index is -2.99. The molecule has 126 valence electrons. The first kappa shape index (κ1) is 16.9. The van der Waals surface area contributed by atoms with E-state index >= 15 is 0 Å². The molecule has 2 fully saturated rings. The number of likely N-dealkylation sites (tertiary alicyclic amines) is 1. The number of nitrogens with zero attached hydrogens (tertiary/aromatic N) is 1. The van der Waals surface area contributed by atoms with E-state index in [0.717, 1.165) is 36.0 Å². The molecule has 1 amide bonds. The van der Waals surface area contributed by atoms with Gasteiger partial charge >= 0.3 is 0 Å². The molecule has 1 aromatic carbocycles. The molecule has 0 bridgehead atoms. The molecule has 0 aromatic heterocycles. The van der Waals surface area contributed by atoms with Gasteiger partial charge in [-0.25, -0.2) is 8.42 Å². The lowest BCUT2D eigenvalue weighted by atomic mass is 10.0. The average Bonchev–Trinajstić information content (AvgIpc) is 3.11. The zero-order chi connectivity index (χ0) is 16.4. The maximum Gasteiger partial charge on any atom is 0.242 e. The standard InChI is InChI=1S/C16H21BrN2O3S/c17-13-5-3-12(4-6-13)15(19-8-1-2-9-19)16(20)18-14-7-10-23(21,22)11-14/h3-6,14-15H,1-2,7-11H2,(H,18,20)/t14-,15+/m0/s1. The molecular formula is C16H21BrN2O3S. The lowest BCUT2D eigenvalue weighted by Gasteiger charge is -2.28. The molecular weight excluding hydrogens is 380 g/mol. The van der Waals surface area contributed by atoms with E-state index < -0.39 is 9.84 Å². The number of sulfone groups is 1. The van der Waals surface area contributed by atoms with Crippen molar-refractivity contribution in [3.05, 3.63) is 34.3 Å². The lowest BCUT2D eigenvalue weighted by Crippen LogP contribution is -2.44. The number of halogens is 1. The molecule has 5 nitrogen and oxygen atoms in total. The van der Waals surface area contributed by atoms with Crippen LogP contribution in [0.4, 0.5) is 0 Å². The summed E-state index contributed by atoms with van der Waals surface area (Å²) in [5.74, 6) is 0.146. The third-order valence-corrected chi connectivity index (χ3v) is 6.82. The second kappa shape index (κ2) is 6.91.